The number of nitrogens with one attached hydrogen (secondary N) is 1. The Morgan fingerprint density at radius 3 is 2.39 bits per heavy atom. The molecular weight excluding hydrogens is 414 g/mol. The molecule has 0 fully saturated rings. The fourth-order valence-corrected chi connectivity index (χ4v) is 2.83. The third-order valence-electron chi connectivity index (χ3n) is 4.32. The van der Waals surface area contributed by atoms with Crippen LogP contribution in [0.1, 0.15) is 16.7 Å². The van der Waals surface area contributed by atoms with Crippen LogP contribution < -0.4 is 10.1 Å². The lowest BCUT2D eigenvalue weighted by Gasteiger charge is -2.08. The number of carbonyl (C=O) groups excluding carboxylic acids is 2. The van der Waals surface area contributed by atoms with Crippen molar-refractivity contribution in [3.63, 3.8) is 0 Å². The molecule has 158 valence electrons. The summed E-state index contributed by atoms with van der Waals surface area (Å²) < 4.78 is 10.7. The molecule has 0 unspecified atom stereocenters. The zero-order valence-corrected chi connectivity index (χ0v) is 17.8. The minimum atomic E-state index is -0.599. The fourth-order valence-electron chi connectivity index (χ4n) is 2.63. The molecule has 1 N–H and O–H groups in total. The first-order valence-corrected chi connectivity index (χ1v) is 10.0. The molecule has 31 heavy (non-hydrogen) atoms. The van der Waals surface area contributed by atoms with E-state index in [2.05, 4.69) is 5.32 Å². The van der Waals surface area contributed by atoms with Crippen LogP contribution in [0.3, 0.4) is 0 Å². The van der Waals surface area contributed by atoms with Gasteiger partial charge in [-0.25, -0.2) is 4.79 Å². The smallest absolute Gasteiger partial charge is 0.331 e. The number of benzene rings is 3. The van der Waals surface area contributed by atoms with Crippen molar-refractivity contribution in [2.24, 2.45) is 0 Å². The number of hydrogen-bond donors (Lipinski definition) is 1. The van der Waals surface area contributed by atoms with Crippen molar-refractivity contribution in [1.29, 1.82) is 0 Å². The van der Waals surface area contributed by atoms with Crippen LogP contribution >= 0.6 is 11.6 Å². The summed E-state index contributed by atoms with van der Waals surface area (Å²) in [7, 11) is 0. The third kappa shape index (κ3) is 7.32. The molecule has 0 bridgehead atoms. The van der Waals surface area contributed by atoms with Gasteiger partial charge in [-0.1, -0.05) is 59.6 Å². The number of ether oxygens (including phenoxy) is 2. The van der Waals surface area contributed by atoms with E-state index < -0.39 is 11.9 Å². The van der Waals surface area contributed by atoms with Crippen molar-refractivity contribution in [3.05, 3.63) is 101 Å². The Labute approximate surface area is 186 Å². The molecule has 0 saturated heterocycles. The zero-order chi connectivity index (χ0) is 22.1. The van der Waals surface area contributed by atoms with Crippen molar-refractivity contribution in [2.45, 2.75) is 13.5 Å². The van der Waals surface area contributed by atoms with E-state index >= 15 is 0 Å². The monoisotopic (exact) mass is 435 g/mol. The molecule has 0 spiro atoms. The first-order valence-electron chi connectivity index (χ1n) is 9.67. The summed E-state index contributed by atoms with van der Waals surface area (Å²) in [6.45, 7) is 1.97. The van der Waals surface area contributed by atoms with Crippen LogP contribution in [-0.4, -0.2) is 18.5 Å². The molecule has 0 atom stereocenters. The minimum Gasteiger partial charge on any atom is -0.489 e. The van der Waals surface area contributed by atoms with E-state index in [1.807, 2.05) is 55.5 Å². The topological polar surface area (TPSA) is 64.6 Å². The van der Waals surface area contributed by atoms with E-state index in [9.17, 15) is 9.59 Å². The number of halogens is 1. The van der Waals surface area contributed by atoms with Gasteiger partial charge in [0.25, 0.3) is 5.91 Å². The fraction of sp³-hybridized carbons (Fsp3) is 0.120. The van der Waals surface area contributed by atoms with Gasteiger partial charge in [-0.05, 0) is 48.9 Å². The molecule has 0 aliphatic heterocycles. The number of carbonyl (C=O) groups is 2. The number of esters is 1. The summed E-state index contributed by atoms with van der Waals surface area (Å²) in [5.41, 5.74) is 3.45. The first kappa shape index (κ1) is 22.1. The van der Waals surface area contributed by atoms with E-state index in [-0.39, 0.29) is 6.61 Å². The van der Waals surface area contributed by atoms with Crippen LogP contribution in [0, 0.1) is 6.92 Å². The van der Waals surface area contributed by atoms with Gasteiger partial charge in [0.05, 0.1) is 0 Å². The van der Waals surface area contributed by atoms with Crippen LogP contribution in [0.15, 0.2) is 78.9 Å². The Morgan fingerprint density at radius 2 is 1.68 bits per heavy atom. The van der Waals surface area contributed by atoms with E-state index in [0.717, 1.165) is 16.7 Å². The van der Waals surface area contributed by atoms with Crippen LogP contribution in [0.2, 0.25) is 5.02 Å². The molecule has 3 aromatic carbocycles. The molecule has 0 aliphatic carbocycles. The molecular formula is C25H22ClNO4. The zero-order valence-electron chi connectivity index (χ0n) is 17.0. The Hall–Kier alpha value is -3.57. The van der Waals surface area contributed by atoms with Gasteiger partial charge >= 0.3 is 5.97 Å². The van der Waals surface area contributed by atoms with Gasteiger partial charge in [-0.3, -0.25) is 4.79 Å². The van der Waals surface area contributed by atoms with E-state index in [0.29, 0.717) is 23.1 Å². The lowest BCUT2D eigenvalue weighted by Crippen LogP contribution is -2.20. The Morgan fingerprint density at radius 1 is 0.968 bits per heavy atom. The molecule has 5 nitrogen and oxygen atoms in total. The summed E-state index contributed by atoms with van der Waals surface area (Å²) in [6, 6.07) is 22.1. The second kappa shape index (κ2) is 11.0. The second-order valence-corrected chi connectivity index (χ2v) is 7.21. The van der Waals surface area contributed by atoms with Crippen molar-refractivity contribution < 1.29 is 19.1 Å². The quantitative estimate of drug-likeness (QED) is 0.379. The van der Waals surface area contributed by atoms with E-state index in [1.165, 1.54) is 6.08 Å². The molecule has 3 rings (SSSR count). The Bertz CT molecular complexity index is 1060. The van der Waals surface area contributed by atoms with Gasteiger partial charge in [0.15, 0.2) is 6.61 Å². The molecule has 0 radical (unpaired) electrons. The number of anilines is 1. The van der Waals surface area contributed by atoms with Gasteiger partial charge < -0.3 is 14.8 Å². The third-order valence-corrected chi connectivity index (χ3v) is 4.69. The normalized spacial score (nSPS) is 10.6. The lowest BCUT2D eigenvalue weighted by molar-refractivity contribution is -0.142. The van der Waals surface area contributed by atoms with Crippen molar-refractivity contribution in [2.75, 3.05) is 11.9 Å². The van der Waals surface area contributed by atoms with E-state index in [1.54, 1.807) is 30.3 Å². The van der Waals surface area contributed by atoms with Crippen molar-refractivity contribution >= 4 is 35.2 Å². The highest BCUT2D eigenvalue weighted by atomic mass is 35.5. The van der Waals surface area contributed by atoms with Crippen molar-refractivity contribution in [3.8, 4) is 5.75 Å². The summed E-state index contributed by atoms with van der Waals surface area (Å²) >= 11 is 6.12. The van der Waals surface area contributed by atoms with Gasteiger partial charge in [0, 0.05) is 22.3 Å². The molecule has 1 amide bonds. The predicted molar refractivity (Wildman–Crippen MR) is 122 cm³/mol. The van der Waals surface area contributed by atoms with Crippen LogP contribution in [0.4, 0.5) is 5.69 Å². The van der Waals surface area contributed by atoms with Crippen LogP contribution in [-0.2, 0) is 20.9 Å². The highest BCUT2D eigenvalue weighted by Crippen LogP contribution is 2.19. The SMILES string of the molecule is Cc1ccc(NC(=O)COC(=O)C=Cc2ccc(OCc3ccccc3Cl)cc2)cc1. The first-order chi connectivity index (χ1) is 15.0. The maximum absolute atomic E-state index is 11.9. The maximum atomic E-state index is 11.9. The molecule has 6 heteroatoms. The summed E-state index contributed by atoms with van der Waals surface area (Å²) in [5.74, 6) is -0.309. The minimum absolute atomic E-state index is 0.355. The molecule has 0 heterocycles. The second-order valence-electron chi connectivity index (χ2n) is 6.80. The van der Waals surface area contributed by atoms with Gasteiger partial charge in [0.1, 0.15) is 12.4 Å². The predicted octanol–water partition coefficient (Wildman–Crippen LogP) is 5.42. The standard InChI is InChI=1S/C25H22ClNO4/c1-18-6-11-21(12-7-18)27-24(28)17-31-25(29)15-10-19-8-13-22(14-9-19)30-16-20-4-2-3-5-23(20)26/h2-15H,16-17H2,1H3,(H,27,28). The lowest BCUT2D eigenvalue weighted by atomic mass is 10.2. The van der Waals surface area contributed by atoms with Gasteiger partial charge in [-0.2, -0.15) is 0 Å². The molecule has 0 saturated carbocycles. The van der Waals surface area contributed by atoms with Gasteiger partial charge in [0.2, 0.25) is 0 Å². The molecule has 0 aliphatic rings. The Balaban J connectivity index is 1.43. The maximum Gasteiger partial charge on any atom is 0.331 e. The average molecular weight is 436 g/mol. The van der Waals surface area contributed by atoms with Crippen LogP contribution in [0.5, 0.6) is 5.75 Å². The number of aryl methyl sites for hydroxylation is 1. The highest BCUT2D eigenvalue weighted by molar-refractivity contribution is 6.31. The number of rotatable bonds is 8. The highest BCUT2D eigenvalue weighted by Gasteiger charge is 2.06. The van der Waals surface area contributed by atoms with Crippen molar-refractivity contribution in [1.82, 2.24) is 0 Å². The van der Waals surface area contributed by atoms with E-state index in [4.69, 9.17) is 21.1 Å². The number of amides is 1. The Kier molecular flexibility index (Phi) is 7.85. The van der Waals surface area contributed by atoms with Crippen LogP contribution in [0.25, 0.3) is 6.08 Å². The largest absolute Gasteiger partial charge is 0.489 e. The molecule has 3 aromatic rings. The molecule has 0 aromatic heterocycles. The van der Waals surface area contributed by atoms with Gasteiger partial charge in [-0.15, -0.1) is 0 Å². The number of hydrogen-bond acceptors (Lipinski definition) is 4. The summed E-state index contributed by atoms with van der Waals surface area (Å²) in [5, 5.41) is 3.33. The average Bonchev–Trinajstić information content (AvgIpc) is 2.78. The summed E-state index contributed by atoms with van der Waals surface area (Å²) in [4.78, 5) is 23.7. The summed E-state index contributed by atoms with van der Waals surface area (Å²) in [6.07, 6.45) is 2.89.